The first-order chi connectivity index (χ1) is 6.94. The second-order valence-corrected chi connectivity index (χ2v) is 6.00. The predicted octanol–water partition coefficient (Wildman–Crippen LogP) is 1.56. The van der Waals surface area contributed by atoms with Crippen LogP contribution in [0.4, 0.5) is 5.69 Å². The van der Waals surface area contributed by atoms with Crippen molar-refractivity contribution in [2.24, 2.45) is 0 Å². The van der Waals surface area contributed by atoms with Crippen molar-refractivity contribution in [3.63, 3.8) is 0 Å². The van der Waals surface area contributed by atoms with Crippen molar-refractivity contribution in [1.82, 2.24) is 0 Å². The van der Waals surface area contributed by atoms with E-state index in [-0.39, 0.29) is 4.90 Å². The number of nitrogens with one attached hydrogen (secondary N) is 1. The molecule has 2 rings (SSSR count). The molecular weight excluding hydrogens is 282 g/mol. The molecule has 0 radical (unpaired) electrons. The molecule has 1 aliphatic heterocycles. The Morgan fingerprint density at radius 3 is 2.73 bits per heavy atom. The molecule has 1 atom stereocenters. The molecule has 1 unspecified atom stereocenters. The van der Waals surface area contributed by atoms with Gasteiger partial charge in [-0.2, -0.15) is 0 Å². The fraction of sp³-hybridized carbons (Fsp3) is 0.222. The van der Waals surface area contributed by atoms with Crippen LogP contribution in [0.5, 0.6) is 0 Å². The Morgan fingerprint density at radius 1 is 1.40 bits per heavy atom. The van der Waals surface area contributed by atoms with Gasteiger partial charge in [0, 0.05) is 4.47 Å². The maximum atomic E-state index is 11.8. The van der Waals surface area contributed by atoms with Crippen molar-refractivity contribution in [2.75, 3.05) is 5.32 Å². The van der Waals surface area contributed by atoms with Crippen LogP contribution in [0.1, 0.15) is 6.92 Å². The highest BCUT2D eigenvalue weighted by Crippen LogP contribution is 2.35. The van der Waals surface area contributed by atoms with E-state index in [0.29, 0.717) is 10.2 Å². The molecule has 80 valence electrons. The number of halogens is 1. The molecule has 0 fully saturated rings. The zero-order valence-corrected chi connectivity index (χ0v) is 10.2. The Bertz CT molecular complexity index is 538. The van der Waals surface area contributed by atoms with Gasteiger partial charge in [0.15, 0.2) is 0 Å². The lowest BCUT2D eigenvalue weighted by atomic mass is 10.2. The quantitative estimate of drug-likeness (QED) is 0.787. The number of fused-ring (bicyclic) bond motifs is 1. The largest absolute Gasteiger partial charge is 0.373 e. The van der Waals surface area contributed by atoms with Crippen molar-refractivity contribution in [3.8, 4) is 0 Å². The second-order valence-electron chi connectivity index (χ2n) is 3.30. The Morgan fingerprint density at radius 2 is 2.07 bits per heavy atom. The van der Waals surface area contributed by atoms with Gasteiger partial charge in [-0.15, -0.1) is 0 Å². The molecule has 0 aromatic heterocycles. The van der Waals surface area contributed by atoms with Crippen molar-refractivity contribution in [3.05, 3.63) is 22.7 Å². The Hall–Kier alpha value is -0.880. The third-order valence-electron chi connectivity index (χ3n) is 2.24. The lowest BCUT2D eigenvalue weighted by Crippen LogP contribution is -2.37. The zero-order valence-electron chi connectivity index (χ0n) is 7.82. The van der Waals surface area contributed by atoms with Crippen LogP contribution < -0.4 is 5.32 Å². The lowest BCUT2D eigenvalue weighted by Gasteiger charge is -2.23. The van der Waals surface area contributed by atoms with Crippen LogP contribution in [0, 0.1) is 0 Å². The molecule has 15 heavy (non-hydrogen) atoms. The minimum absolute atomic E-state index is 0.0416. The van der Waals surface area contributed by atoms with Crippen molar-refractivity contribution in [1.29, 1.82) is 0 Å². The first-order valence-corrected chi connectivity index (χ1v) is 6.56. The zero-order chi connectivity index (χ0) is 11.2. The SMILES string of the molecule is CC1Nc2c(Br)cccc2S(=O)(=O)C1=O. The van der Waals surface area contributed by atoms with E-state index in [1.165, 1.54) is 13.0 Å². The molecule has 0 aliphatic carbocycles. The molecule has 0 saturated carbocycles. The van der Waals surface area contributed by atoms with E-state index in [1.54, 1.807) is 12.1 Å². The molecule has 4 nitrogen and oxygen atoms in total. The molecule has 1 aromatic rings. The third kappa shape index (κ3) is 1.48. The van der Waals surface area contributed by atoms with Crippen LogP contribution in [-0.2, 0) is 14.6 Å². The molecule has 0 spiro atoms. The fourth-order valence-corrected chi connectivity index (χ4v) is 3.53. The van der Waals surface area contributed by atoms with E-state index in [4.69, 9.17) is 0 Å². The van der Waals surface area contributed by atoms with Gasteiger partial charge in [0.1, 0.15) is 0 Å². The smallest absolute Gasteiger partial charge is 0.272 e. The highest BCUT2D eigenvalue weighted by molar-refractivity contribution is 9.10. The normalized spacial score (nSPS) is 23.1. The fourth-order valence-electron chi connectivity index (χ4n) is 1.48. The number of para-hydroxylation sites is 1. The number of rotatable bonds is 0. The van der Waals surface area contributed by atoms with E-state index in [0.717, 1.165) is 0 Å². The van der Waals surface area contributed by atoms with Gasteiger partial charge >= 0.3 is 0 Å². The highest BCUT2D eigenvalue weighted by atomic mass is 79.9. The Labute approximate surface area is 95.7 Å². The van der Waals surface area contributed by atoms with Crippen LogP contribution in [0.25, 0.3) is 0 Å². The summed E-state index contributed by atoms with van der Waals surface area (Å²) in [6, 6.07) is 4.03. The van der Waals surface area contributed by atoms with E-state index >= 15 is 0 Å². The summed E-state index contributed by atoms with van der Waals surface area (Å²) in [6.07, 6.45) is 0. The standard InChI is InChI=1S/C9H8BrNO3S/c1-5-9(12)15(13,14)7-4-2-3-6(10)8(7)11-5/h2-5,11H,1H3. The summed E-state index contributed by atoms with van der Waals surface area (Å²) in [5.74, 6) is 0. The van der Waals surface area contributed by atoms with Crippen LogP contribution in [0.3, 0.4) is 0 Å². The number of benzene rings is 1. The van der Waals surface area contributed by atoms with Gasteiger partial charge in [0.05, 0.1) is 16.6 Å². The van der Waals surface area contributed by atoms with E-state index < -0.39 is 21.0 Å². The number of carbonyl (C=O) groups excluding carboxylic acids is 1. The second kappa shape index (κ2) is 3.31. The highest BCUT2D eigenvalue weighted by Gasteiger charge is 2.37. The van der Waals surface area contributed by atoms with Gasteiger partial charge in [-0.05, 0) is 35.0 Å². The van der Waals surface area contributed by atoms with Gasteiger partial charge in [-0.1, -0.05) is 6.07 Å². The van der Waals surface area contributed by atoms with E-state index in [1.807, 2.05) is 0 Å². The lowest BCUT2D eigenvalue weighted by molar-refractivity contribution is -0.112. The van der Waals surface area contributed by atoms with Crippen molar-refractivity contribution in [2.45, 2.75) is 17.9 Å². The van der Waals surface area contributed by atoms with Crippen molar-refractivity contribution < 1.29 is 13.2 Å². The number of hydrogen-bond donors (Lipinski definition) is 1. The Balaban J connectivity index is 2.78. The number of carbonyl (C=O) groups is 1. The van der Waals surface area contributed by atoms with Gasteiger partial charge < -0.3 is 5.32 Å². The van der Waals surface area contributed by atoms with Gasteiger partial charge in [-0.3, -0.25) is 4.79 Å². The Kier molecular flexibility index (Phi) is 2.35. The molecule has 1 N–H and O–H groups in total. The molecule has 1 heterocycles. The average Bonchev–Trinajstić information content (AvgIpc) is 2.17. The minimum atomic E-state index is -3.82. The summed E-state index contributed by atoms with van der Waals surface area (Å²) in [5.41, 5.74) is 0.463. The first-order valence-electron chi connectivity index (χ1n) is 4.28. The molecule has 0 amide bonds. The summed E-state index contributed by atoms with van der Waals surface area (Å²) in [7, 11) is -3.82. The number of hydrogen-bond acceptors (Lipinski definition) is 4. The molecule has 1 aromatic carbocycles. The number of sulfone groups is 1. The van der Waals surface area contributed by atoms with Crippen LogP contribution >= 0.6 is 15.9 Å². The molecular formula is C9H8BrNO3S. The summed E-state index contributed by atoms with van der Waals surface area (Å²) in [4.78, 5) is 11.5. The van der Waals surface area contributed by atoms with E-state index in [2.05, 4.69) is 21.2 Å². The topological polar surface area (TPSA) is 63.2 Å². The summed E-state index contributed by atoms with van der Waals surface area (Å²) in [5, 5.41) is 2.07. The van der Waals surface area contributed by atoms with E-state index in [9.17, 15) is 13.2 Å². The predicted molar refractivity (Wildman–Crippen MR) is 59.4 cm³/mol. The van der Waals surface area contributed by atoms with Crippen LogP contribution in [0.15, 0.2) is 27.6 Å². The maximum absolute atomic E-state index is 11.8. The summed E-state index contributed by atoms with van der Waals surface area (Å²) < 4.78 is 24.2. The summed E-state index contributed by atoms with van der Waals surface area (Å²) in [6.45, 7) is 1.53. The minimum Gasteiger partial charge on any atom is -0.373 e. The molecule has 1 aliphatic rings. The van der Waals surface area contributed by atoms with Crippen LogP contribution in [-0.4, -0.2) is 19.6 Å². The maximum Gasteiger partial charge on any atom is 0.272 e. The third-order valence-corrected chi connectivity index (χ3v) is 4.71. The molecule has 0 saturated heterocycles. The van der Waals surface area contributed by atoms with Gasteiger partial charge in [0.2, 0.25) is 9.84 Å². The van der Waals surface area contributed by atoms with Crippen molar-refractivity contribution >= 4 is 36.6 Å². The molecule has 6 heteroatoms. The van der Waals surface area contributed by atoms with Gasteiger partial charge in [-0.25, -0.2) is 8.42 Å². The monoisotopic (exact) mass is 289 g/mol. The number of anilines is 1. The van der Waals surface area contributed by atoms with Crippen LogP contribution in [0.2, 0.25) is 0 Å². The summed E-state index contributed by atoms with van der Waals surface area (Å²) >= 11 is 3.24. The molecule has 0 bridgehead atoms. The average molecular weight is 290 g/mol. The van der Waals surface area contributed by atoms with Gasteiger partial charge in [0.25, 0.3) is 5.12 Å². The first kappa shape index (κ1) is 10.6.